The Bertz CT molecular complexity index is 623. The number of rotatable bonds is 2. The van der Waals surface area contributed by atoms with Crippen molar-refractivity contribution < 1.29 is 4.79 Å². The van der Waals surface area contributed by atoms with Gasteiger partial charge >= 0.3 is 0 Å². The maximum Gasteiger partial charge on any atom is 0.231 e. The molecule has 18 heavy (non-hydrogen) atoms. The van der Waals surface area contributed by atoms with Gasteiger partial charge in [0, 0.05) is 20.7 Å². The van der Waals surface area contributed by atoms with Crippen LogP contribution in [0.4, 0.5) is 11.4 Å². The number of carbonyl (C=O) groups is 1. The maximum absolute atomic E-state index is 12.1. The number of nitrogen functional groups attached to an aromatic ring is 1. The molecule has 1 aliphatic heterocycles. The zero-order chi connectivity index (χ0) is 12.7. The van der Waals surface area contributed by atoms with Crippen molar-refractivity contribution in [1.82, 2.24) is 0 Å². The van der Waals surface area contributed by atoms with Crippen molar-refractivity contribution in [2.45, 2.75) is 13.0 Å². The lowest BCUT2D eigenvalue weighted by molar-refractivity contribution is -0.117. The Kier molecular flexibility index (Phi) is 2.87. The lowest BCUT2D eigenvalue weighted by atomic mass is 10.1. The molecule has 0 aliphatic carbocycles. The Morgan fingerprint density at radius 3 is 2.94 bits per heavy atom. The van der Waals surface area contributed by atoms with Gasteiger partial charge in [0.25, 0.3) is 0 Å². The molecule has 92 valence electrons. The van der Waals surface area contributed by atoms with Crippen LogP contribution in [0.3, 0.4) is 0 Å². The van der Waals surface area contributed by atoms with Gasteiger partial charge in [-0.15, -0.1) is 11.3 Å². The summed E-state index contributed by atoms with van der Waals surface area (Å²) >= 11 is 5.15. The van der Waals surface area contributed by atoms with Gasteiger partial charge in [0.2, 0.25) is 5.91 Å². The van der Waals surface area contributed by atoms with Crippen molar-refractivity contribution >= 4 is 44.5 Å². The third-order valence-electron chi connectivity index (χ3n) is 3.03. The molecule has 2 aromatic rings. The summed E-state index contributed by atoms with van der Waals surface area (Å²) in [5.41, 5.74) is 8.46. The fourth-order valence-corrected chi connectivity index (χ4v) is 3.62. The summed E-state index contributed by atoms with van der Waals surface area (Å²) in [6.07, 6.45) is 0.448. The molecule has 3 nitrogen and oxygen atoms in total. The molecule has 2 N–H and O–H groups in total. The van der Waals surface area contributed by atoms with E-state index in [0.717, 1.165) is 20.6 Å². The molecule has 0 radical (unpaired) electrons. The average Bonchev–Trinajstić information content (AvgIpc) is 2.85. The summed E-state index contributed by atoms with van der Waals surface area (Å²) in [5, 5.41) is 2.02. The topological polar surface area (TPSA) is 46.3 Å². The van der Waals surface area contributed by atoms with Crippen LogP contribution in [0.5, 0.6) is 0 Å². The van der Waals surface area contributed by atoms with E-state index in [1.807, 2.05) is 34.5 Å². The van der Waals surface area contributed by atoms with E-state index in [2.05, 4.69) is 15.9 Å². The Hall–Kier alpha value is -1.33. The van der Waals surface area contributed by atoms with Crippen LogP contribution in [0, 0.1) is 0 Å². The number of nitrogens with two attached hydrogens (primary N) is 1. The number of hydrogen-bond donors (Lipinski definition) is 1. The van der Waals surface area contributed by atoms with Crippen LogP contribution in [0.1, 0.15) is 10.4 Å². The molecule has 1 aromatic carbocycles. The van der Waals surface area contributed by atoms with E-state index in [0.29, 0.717) is 18.7 Å². The number of benzene rings is 1. The molecule has 0 fully saturated rings. The minimum absolute atomic E-state index is 0.135. The number of fused-ring (bicyclic) bond motifs is 1. The second-order valence-electron chi connectivity index (χ2n) is 4.24. The number of nitrogens with zero attached hydrogens (tertiary/aromatic N) is 1. The molecule has 5 heteroatoms. The fraction of sp³-hybridized carbons (Fsp3) is 0.154. The second-order valence-corrected chi connectivity index (χ2v) is 6.09. The lowest BCUT2D eigenvalue weighted by Crippen LogP contribution is -2.25. The van der Waals surface area contributed by atoms with Crippen LogP contribution >= 0.6 is 27.3 Å². The molecule has 1 aliphatic rings. The summed E-state index contributed by atoms with van der Waals surface area (Å²) < 4.78 is 1.06. The maximum atomic E-state index is 12.1. The van der Waals surface area contributed by atoms with Crippen LogP contribution in [0.2, 0.25) is 0 Å². The molecule has 0 saturated carbocycles. The number of hydrogen-bond acceptors (Lipinski definition) is 3. The normalized spacial score (nSPS) is 14.1. The lowest BCUT2D eigenvalue weighted by Gasteiger charge is -2.17. The Balaban J connectivity index is 1.95. The van der Waals surface area contributed by atoms with Gasteiger partial charge in [-0.3, -0.25) is 4.79 Å². The molecule has 1 amide bonds. The monoisotopic (exact) mass is 322 g/mol. The zero-order valence-corrected chi connectivity index (χ0v) is 11.9. The minimum Gasteiger partial charge on any atom is -0.399 e. The van der Waals surface area contributed by atoms with Crippen molar-refractivity contribution in [2.24, 2.45) is 0 Å². The molecule has 0 saturated heterocycles. The van der Waals surface area contributed by atoms with E-state index in [1.165, 1.54) is 0 Å². The molecule has 1 aromatic heterocycles. The third-order valence-corrected chi connectivity index (χ3v) is 4.94. The van der Waals surface area contributed by atoms with Gasteiger partial charge in [-0.2, -0.15) is 0 Å². The van der Waals surface area contributed by atoms with Gasteiger partial charge in [0.15, 0.2) is 0 Å². The largest absolute Gasteiger partial charge is 0.399 e. The highest BCUT2D eigenvalue weighted by Gasteiger charge is 2.27. The Morgan fingerprint density at radius 1 is 1.39 bits per heavy atom. The minimum atomic E-state index is 0.135. The number of halogens is 1. The number of carbonyl (C=O) groups excluding carboxylic acids is 1. The SMILES string of the molecule is Nc1ccc2c(c1)CC(=O)N2Cc1sccc1Br. The van der Waals surface area contributed by atoms with Gasteiger partial charge < -0.3 is 10.6 Å². The predicted octanol–water partition coefficient (Wildman–Crippen LogP) is 3.18. The first-order valence-corrected chi connectivity index (χ1v) is 7.23. The summed E-state index contributed by atoms with van der Waals surface area (Å²) in [6.45, 7) is 0.619. The van der Waals surface area contributed by atoms with Crippen LogP contribution in [-0.2, 0) is 17.8 Å². The van der Waals surface area contributed by atoms with E-state index in [1.54, 1.807) is 11.3 Å². The highest BCUT2D eigenvalue weighted by atomic mass is 79.9. The third kappa shape index (κ3) is 1.93. The molecule has 2 heterocycles. The van der Waals surface area contributed by atoms with Crippen LogP contribution in [0.25, 0.3) is 0 Å². The molecule has 3 rings (SSSR count). The summed E-state index contributed by atoms with van der Waals surface area (Å²) in [6, 6.07) is 7.66. The van der Waals surface area contributed by atoms with Crippen molar-refractivity contribution in [2.75, 3.05) is 10.6 Å². The molecule has 0 bridgehead atoms. The highest BCUT2D eigenvalue weighted by Crippen LogP contribution is 2.34. The van der Waals surface area contributed by atoms with Gasteiger partial charge in [0.1, 0.15) is 0 Å². The average molecular weight is 323 g/mol. The van der Waals surface area contributed by atoms with Crippen molar-refractivity contribution in [1.29, 1.82) is 0 Å². The fourth-order valence-electron chi connectivity index (χ4n) is 2.16. The van der Waals surface area contributed by atoms with E-state index in [9.17, 15) is 4.79 Å². The quantitative estimate of drug-likeness (QED) is 0.863. The zero-order valence-electron chi connectivity index (χ0n) is 9.52. The predicted molar refractivity (Wildman–Crippen MR) is 77.8 cm³/mol. The van der Waals surface area contributed by atoms with E-state index in [4.69, 9.17) is 5.73 Å². The summed E-state index contributed by atoms with van der Waals surface area (Å²) in [5.74, 6) is 0.135. The first kappa shape index (κ1) is 11.7. The smallest absolute Gasteiger partial charge is 0.231 e. The molecule has 0 unspecified atom stereocenters. The molecular weight excluding hydrogens is 312 g/mol. The number of anilines is 2. The number of amides is 1. The first-order valence-electron chi connectivity index (χ1n) is 5.56. The Morgan fingerprint density at radius 2 is 2.22 bits per heavy atom. The van der Waals surface area contributed by atoms with Gasteiger partial charge in [-0.25, -0.2) is 0 Å². The number of thiophene rings is 1. The molecular formula is C13H11BrN2OS. The highest BCUT2D eigenvalue weighted by molar-refractivity contribution is 9.10. The van der Waals surface area contributed by atoms with E-state index in [-0.39, 0.29) is 5.91 Å². The molecule has 0 spiro atoms. The molecule has 0 atom stereocenters. The van der Waals surface area contributed by atoms with Gasteiger partial charge in [-0.1, -0.05) is 0 Å². The van der Waals surface area contributed by atoms with Crippen LogP contribution < -0.4 is 10.6 Å². The van der Waals surface area contributed by atoms with Crippen molar-refractivity contribution in [3.63, 3.8) is 0 Å². The van der Waals surface area contributed by atoms with Crippen molar-refractivity contribution in [3.8, 4) is 0 Å². The summed E-state index contributed by atoms with van der Waals surface area (Å²) in [7, 11) is 0. The summed E-state index contributed by atoms with van der Waals surface area (Å²) in [4.78, 5) is 15.0. The van der Waals surface area contributed by atoms with Crippen molar-refractivity contribution in [3.05, 3.63) is 44.6 Å². The van der Waals surface area contributed by atoms with Gasteiger partial charge in [0.05, 0.1) is 13.0 Å². The van der Waals surface area contributed by atoms with E-state index < -0.39 is 0 Å². The van der Waals surface area contributed by atoms with Crippen LogP contribution in [-0.4, -0.2) is 5.91 Å². The van der Waals surface area contributed by atoms with E-state index >= 15 is 0 Å². The first-order chi connectivity index (χ1) is 8.65. The second kappa shape index (κ2) is 4.40. The van der Waals surface area contributed by atoms with Gasteiger partial charge in [-0.05, 0) is 51.1 Å². The Labute approximate surface area is 117 Å². The standard InChI is InChI=1S/C13H11BrN2OS/c14-10-3-4-18-12(10)7-16-11-2-1-9(15)5-8(11)6-13(16)17/h1-5H,6-7,15H2. The van der Waals surface area contributed by atoms with Crippen LogP contribution in [0.15, 0.2) is 34.1 Å².